The molecule has 1 aliphatic rings. The van der Waals surface area contributed by atoms with Gasteiger partial charge in [-0.2, -0.15) is 4.31 Å². The number of benzene rings is 1. The third-order valence-corrected chi connectivity index (χ3v) is 6.67. The van der Waals surface area contributed by atoms with Crippen LogP contribution in [0.1, 0.15) is 12.8 Å². The summed E-state index contributed by atoms with van der Waals surface area (Å²) >= 11 is 9.14. The van der Waals surface area contributed by atoms with Crippen molar-refractivity contribution in [3.8, 4) is 0 Å². The Hall–Kier alpha value is -0.340. The summed E-state index contributed by atoms with van der Waals surface area (Å²) in [4.78, 5) is 0.110. The van der Waals surface area contributed by atoms with Crippen LogP contribution in [0, 0.1) is 0 Å². The molecule has 1 aromatic carbocycles. The van der Waals surface area contributed by atoms with Gasteiger partial charge in [0.25, 0.3) is 0 Å². The molecule has 0 unspecified atom stereocenters. The average molecular weight is 384 g/mol. The van der Waals surface area contributed by atoms with E-state index in [0.717, 1.165) is 0 Å². The number of nitrogen functional groups attached to an aromatic ring is 1. The second kappa shape index (κ2) is 6.19. The van der Waals surface area contributed by atoms with Crippen LogP contribution in [-0.4, -0.2) is 39.0 Å². The van der Waals surface area contributed by atoms with Crippen molar-refractivity contribution in [2.75, 3.05) is 25.9 Å². The maximum absolute atomic E-state index is 12.6. The normalized spacial score (nSPS) is 18.4. The summed E-state index contributed by atoms with van der Waals surface area (Å²) in [6.07, 6.45) is 1.49. The van der Waals surface area contributed by atoms with Crippen LogP contribution in [0.4, 0.5) is 5.69 Å². The summed E-state index contributed by atoms with van der Waals surface area (Å²) in [7, 11) is -1.96. The lowest BCUT2D eigenvalue weighted by Gasteiger charge is -2.30. The number of hydrogen-bond acceptors (Lipinski definition) is 4. The molecule has 112 valence electrons. The molecular weight excluding hydrogens is 368 g/mol. The molecule has 0 saturated carbocycles. The van der Waals surface area contributed by atoms with E-state index in [4.69, 9.17) is 22.1 Å². The first-order chi connectivity index (χ1) is 9.36. The summed E-state index contributed by atoms with van der Waals surface area (Å²) < 4.78 is 32.3. The van der Waals surface area contributed by atoms with E-state index in [0.29, 0.717) is 41.1 Å². The molecule has 0 spiro atoms. The number of nitrogens with zero attached hydrogens (tertiary/aromatic N) is 1. The number of nitrogens with two attached hydrogens (primary N) is 1. The lowest BCUT2D eigenvalue weighted by molar-refractivity contribution is 0.0604. The highest BCUT2D eigenvalue weighted by molar-refractivity contribution is 9.10. The second-order valence-corrected chi connectivity index (χ2v) is 7.78. The molecule has 8 heteroatoms. The zero-order valence-corrected chi connectivity index (χ0v) is 14.1. The Labute approximate surface area is 132 Å². The van der Waals surface area contributed by atoms with Gasteiger partial charge in [0.15, 0.2) is 0 Å². The monoisotopic (exact) mass is 382 g/mol. The fourth-order valence-corrected chi connectivity index (χ4v) is 4.94. The molecule has 0 bridgehead atoms. The summed E-state index contributed by atoms with van der Waals surface area (Å²) in [6, 6.07) is 2.93. The molecule has 0 atom stereocenters. The van der Waals surface area contributed by atoms with Crippen molar-refractivity contribution in [1.29, 1.82) is 0 Å². The molecule has 1 aromatic rings. The van der Waals surface area contributed by atoms with Gasteiger partial charge in [0.1, 0.15) is 0 Å². The second-order valence-electron chi connectivity index (χ2n) is 4.65. The van der Waals surface area contributed by atoms with Gasteiger partial charge in [-0.05, 0) is 40.9 Å². The van der Waals surface area contributed by atoms with Gasteiger partial charge in [0, 0.05) is 30.9 Å². The third-order valence-electron chi connectivity index (χ3n) is 3.38. The van der Waals surface area contributed by atoms with Gasteiger partial charge in [0.2, 0.25) is 10.0 Å². The predicted molar refractivity (Wildman–Crippen MR) is 82.4 cm³/mol. The number of piperidine rings is 1. The van der Waals surface area contributed by atoms with Gasteiger partial charge in [-0.3, -0.25) is 0 Å². The molecule has 2 rings (SSSR count). The minimum Gasteiger partial charge on any atom is -0.398 e. The predicted octanol–water partition coefficient (Wildman–Crippen LogP) is 2.48. The van der Waals surface area contributed by atoms with Crippen LogP contribution in [0.15, 0.2) is 21.5 Å². The highest BCUT2D eigenvalue weighted by Crippen LogP contribution is 2.34. The minimum atomic E-state index is -3.60. The Bertz CT molecular complexity index is 601. The van der Waals surface area contributed by atoms with Gasteiger partial charge in [-0.15, -0.1) is 0 Å². The molecule has 1 fully saturated rings. The average Bonchev–Trinajstić information content (AvgIpc) is 2.42. The van der Waals surface area contributed by atoms with Gasteiger partial charge in [-0.1, -0.05) is 11.6 Å². The van der Waals surface area contributed by atoms with E-state index in [1.165, 1.54) is 16.4 Å². The number of rotatable bonds is 3. The number of hydrogen-bond donors (Lipinski definition) is 1. The zero-order chi connectivity index (χ0) is 14.9. The first-order valence-corrected chi connectivity index (χ1v) is 8.75. The van der Waals surface area contributed by atoms with Crippen LogP contribution in [0.3, 0.4) is 0 Å². The van der Waals surface area contributed by atoms with Gasteiger partial charge >= 0.3 is 0 Å². The van der Waals surface area contributed by atoms with E-state index in [9.17, 15) is 8.42 Å². The van der Waals surface area contributed by atoms with Crippen molar-refractivity contribution >= 4 is 43.2 Å². The van der Waals surface area contributed by atoms with Crippen LogP contribution in [0.5, 0.6) is 0 Å². The Kier molecular flexibility index (Phi) is 4.96. The summed E-state index contributed by atoms with van der Waals surface area (Å²) in [6.45, 7) is 0.861. The van der Waals surface area contributed by atoms with Crippen molar-refractivity contribution < 1.29 is 13.2 Å². The maximum Gasteiger partial charge on any atom is 0.244 e. The highest BCUT2D eigenvalue weighted by atomic mass is 79.9. The Balaban J connectivity index is 2.32. The Morgan fingerprint density at radius 2 is 2.00 bits per heavy atom. The van der Waals surface area contributed by atoms with E-state index in [1.807, 2.05) is 0 Å². The summed E-state index contributed by atoms with van der Waals surface area (Å²) in [5.74, 6) is 0. The standard InChI is InChI=1S/C12H16BrClN2O3S/c1-19-9-2-4-16(5-3-9)20(17,18)11-7-8(14)6-10(15)12(11)13/h6-7,9H,2-5,15H2,1H3. The first kappa shape index (κ1) is 16.0. The summed E-state index contributed by atoms with van der Waals surface area (Å²) in [5.41, 5.74) is 6.07. The lowest BCUT2D eigenvalue weighted by atomic mass is 10.1. The zero-order valence-electron chi connectivity index (χ0n) is 11.0. The Morgan fingerprint density at radius 1 is 1.40 bits per heavy atom. The fourth-order valence-electron chi connectivity index (χ4n) is 2.22. The molecule has 1 aliphatic heterocycles. The highest BCUT2D eigenvalue weighted by Gasteiger charge is 2.31. The van der Waals surface area contributed by atoms with E-state index < -0.39 is 10.0 Å². The molecule has 20 heavy (non-hydrogen) atoms. The SMILES string of the molecule is COC1CCN(S(=O)(=O)c2cc(Cl)cc(N)c2Br)CC1. The van der Waals surface area contributed by atoms with Crippen molar-refractivity contribution in [2.45, 2.75) is 23.8 Å². The number of anilines is 1. The quantitative estimate of drug-likeness (QED) is 0.814. The van der Waals surface area contributed by atoms with Crippen molar-refractivity contribution in [1.82, 2.24) is 4.31 Å². The minimum absolute atomic E-state index is 0.110. The van der Waals surface area contributed by atoms with Crippen LogP contribution < -0.4 is 5.73 Å². The van der Waals surface area contributed by atoms with Crippen LogP contribution in [0.2, 0.25) is 5.02 Å². The Morgan fingerprint density at radius 3 is 2.55 bits per heavy atom. The largest absolute Gasteiger partial charge is 0.398 e. The van der Waals surface area contributed by atoms with Gasteiger partial charge in [-0.25, -0.2) is 8.42 Å². The molecule has 0 radical (unpaired) electrons. The molecule has 0 amide bonds. The maximum atomic E-state index is 12.6. The molecule has 0 aliphatic carbocycles. The lowest BCUT2D eigenvalue weighted by Crippen LogP contribution is -2.40. The molecule has 1 saturated heterocycles. The fraction of sp³-hybridized carbons (Fsp3) is 0.500. The first-order valence-electron chi connectivity index (χ1n) is 6.13. The smallest absolute Gasteiger partial charge is 0.244 e. The molecular formula is C12H16BrClN2O3S. The molecule has 5 nitrogen and oxygen atoms in total. The van der Waals surface area contributed by atoms with Gasteiger partial charge in [0.05, 0.1) is 15.5 Å². The number of sulfonamides is 1. The van der Waals surface area contributed by atoms with Crippen molar-refractivity contribution in [3.63, 3.8) is 0 Å². The van der Waals surface area contributed by atoms with Crippen LogP contribution >= 0.6 is 27.5 Å². The molecule has 0 aromatic heterocycles. The van der Waals surface area contributed by atoms with E-state index >= 15 is 0 Å². The van der Waals surface area contributed by atoms with E-state index in [-0.39, 0.29) is 11.0 Å². The van der Waals surface area contributed by atoms with E-state index in [2.05, 4.69) is 15.9 Å². The number of methoxy groups -OCH3 is 1. The van der Waals surface area contributed by atoms with Crippen molar-refractivity contribution in [3.05, 3.63) is 21.6 Å². The van der Waals surface area contributed by atoms with E-state index in [1.54, 1.807) is 7.11 Å². The van der Waals surface area contributed by atoms with Crippen molar-refractivity contribution in [2.24, 2.45) is 0 Å². The number of halogens is 2. The van der Waals surface area contributed by atoms with Crippen LogP contribution in [-0.2, 0) is 14.8 Å². The summed E-state index contributed by atoms with van der Waals surface area (Å²) in [5, 5.41) is 0.302. The molecule has 1 heterocycles. The molecule has 2 N–H and O–H groups in total. The number of ether oxygens (including phenoxy) is 1. The van der Waals surface area contributed by atoms with Gasteiger partial charge < -0.3 is 10.5 Å². The third kappa shape index (κ3) is 3.12. The topological polar surface area (TPSA) is 72.6 Å². The van der Waals surface area contributed by atoms with Crippen LogP contribution in [0.25, 0.3) is 0 Å².